The highest BCUT2D eigenvalue weighted by molar-refractivity contribution is 7.89. The molecule has 3 N–H and O–H groups in total. The van der Waals surface area contributed by atoms with Crippen LogP contribution >= 0.6 is 11.6 Å². The number of nitrogens with two attached hydrogens (primary N) is 1. The van der Waals surface area contributed by atoms with Gasteiger partial charge in [-0.3, -0.25) is 9.48 Å². The molecule has 2 aromatic rings. The lowest BCUT2D eigenvalue weighted by molar-refractivity contribution is 0.102. The Kier molecular flexibility index (Phi) is 5.87. The van der Waals surface area contributed by atoms with Crippen LogP contribution < -0.4 is 10.5 Å². The van der Waals surface area contributed by atoms with Crippen molar-refractivity contribution in [3.63, 3.8) is 0 Å². The average molecular weight is 385 g/mol. The van der Waals surface area contributed by atoms with Gasteiger partial charge in [0.2, 0.25) is 10.0 Å². The molecule has 0 saturated carbocycles. The van der Waals surface area contributed by atoms with E-state index in [4.69, 9.17) is 16.7 Å². The molecule has 0 bridgehead atoms. The van der Waals surface area contributed by atoms with E-state index in [2.05, 4.69) is 17.3 Å². The number of hydrogen-bond donors (Lipinski definition) is 2. The highest BCUT2D eigenvalue weighted by Gasteiger charge is 2.21. The molecular weight excluding hydrogens is 364 g/mol. The van der Waals surface area contributed by atoms with Crippen molar-refractivity contribution < 1.29 is 13.2 Å². The Bertz CT molecular complexity index is 906. The van der Waals surface area contributed by atoms with E-state index in [9.17, 15) is 13.2 Å². The molecule has 1 aromatic carbocycles. The van der Waals surface area contributed by atoms with E-state index in [1.807, 2.05) is 0 Å². The first-order chi connectivity index (χ1) is 11.6. The van der Waals surface area contributed by atoms with E-state index < -0.39 is 15.9 Å². The van der Waals surface area contributed by atoms with E-state index in [1.54, 1.807) is 30.7 Å². The van der Waals surface area contributed by atoms with Crippen LogP contribution in [-0.4, -0.2) is 24.1 Å². The zero-order valence-electron chi connectivity index (χ0n) is 14.3. The number of primary sulfonamides is 1. The molecule has 136 valence electrons. The Morgan fingerprint density at radius 1 is 1.36 bits per heavy atom. The zero-order valence-corrected chi connectivity index (χ0v) is 15.9. The molecule has 0 spiro atoms. The first-order valence-electron chi connectivity index (χ1n) is 7.82. The number of sulfonamides is 1. The number of nitrogens with one attached hydrogen (secondary N) is 1. The summed E-state index contributed by atoms with van der Waals surface area (Å²) < 4.78 is 24.8. The van der Waals surface area contributed by atoms with Gasteiger partial charge < -0.3 is 5.32 Å². The van der Waals surface area contributed by atoms with Crippen LogP contribution in [0, 0.1) is 13.8 Å². The van der Waals surface area contributed by atoms with Gasteiger partial charge in [-0.15, -0.1) is 0 Å². The lowest BCUT2D eigenvalue weighted by Crippen LogP contribution is -2.16. The number of unbranched alkanes of at least 4 members (excludes halogenated alkanes) is 1. The summed E-state index contributed by atoms with van der Waals surface area (Å²) in [5, 5.41) is 12.4. The van der Waals surface area contributed by atoms with Crippen molar-refractivity contribution in [2.45, 2.75) is 45.1 Å². The van der Waals surface area contributed by atoms with Gasteiger partial charge in [-0.1, -0.05) is 31.0 Å². The van der Waals surface area contributed by atoms with Gasteiger partial charge in [-0.05, 0) is 38.0 Å². The van der Waals surface area contributed by atoms with Crippen LogP contribution in [0.3, 0.4) is 0 Å². The summed E-state index contributed by atoms with van der Waals surface area (Å²) in [6.45, 7) is 6.01. The summed E-state index contributed by atoms with van der Waals surface area (Å²) in [7, 11) is -3.87. The molecule has 0 radical (unpaired) electrons. The van der Waals surface area contributed by atoms with E-state index in [0.717, 1.165) is 12.8 Å². The highest BCUT2D eigenvalue weighted by atomic mass is 35.5. The van der Waals surface area contributed by atoms with Gasteiger partial charge in [0, 0.05) is 12.2 Å². The van der Waals surface area contributed by atoms with Gasteiger partial charge in [-0.2, -0.15) is 5.10 Å². The second-order valence-corrected chi connectivity index (χ2v) is 7.70. The third-order valence-corrected chi connectivity index (χ3v) is 5.21. The number of amides is 1. The molecule has 1 aromatic heterocycles. The zero-order chi connectivity index (χ0) is 18.8. The van der Waals surface area contributed by atoms with E-state index in [0.29, 0.717) is 23.5 Å². The van der Waals surface area contributed by atoms with E-state index in [-0.39, 0.29) is 15.6 Å². The first kappa shape index (κ1) is 19.4. The summed E-state index contributed by atoms with van der Waals surface area (Å²) in [5.74, 6) is -0.450. The Labute approximate surface area is 152 Å². The molecule has 0 aliphatic heterocycles. The lowest BCUT2D eigenvalue weighted by Gasteiger charge is -2.09. The number of carbonyl (C=O) groups is 1. The number of aromatic nitrogens is 2. The van der Waals surface area contributed by atoms with Crippen LogP contribution in [0.25, 0.3) is 0 Å². The third kappa shape index (κ3) is 4.39. The molecule has 2 rings (SSSR count). The van der Waals surface area contributed by atoms with Crippen LogP contribution in [0.1, 0.15) is 41.4 Å². The number of halogens is 1. The van der Waals surface area contributed by atoms with E-state index in [1.165, 1.54) is 6.07 Å². The molecule has 0 fully saturated rings. The highest BCUT2D eigenvalue weighted by Crippen LogP contribution is 2.23. The maximum atomic E-state index is 12.6. The molecule has 1 amide bonds. The average Bonchev–Trinajstić information content (AvgIpc) is 2.80. The van der Waals surface area contributed by atoms with Gasteiger partial charge in [0.25, 0.3) is 5.91 Å². The Hall–Kier alpha value is -1.90. The van der Waals surface area contributed by atoms with Gasteiger partial charge in [0.15, 0.2) is 0 Å². The summed E-state index contributed by atoms with van der Waals surface area (Å²) in [6, 6.07) is 4.51. The quantitative estimate of drug-likeness (QED) is 0.798. The third-order valence-electron chi connectivity index (χ3n) is 3.77. The molecule has 0 unspecified atom stereocenters. The van der Waals surface area contributed by atoms with E-state index >= 15 is 0 Å². The minimum Gasteiger partial charge on any atom is -0.322 e. The molecule has 9 heteroatoms. The van der Waals surface area contributed by atoms with Crippen LogP contribution in [-0.2, 0) is 16.6 Å². The van der Waals surface area contributed by atoms with Crippen molar-refractivity contribution in [1.82, 2.24) is 9.78 Å². The topological polar surface area (TPSA) is 107 Å². The molecule has 25 heavy (non-hydrogen) atoms. The number of nitrogens with zero attached hydrogens (tertiary/aromatic N) is 2. The predicted molar refractivity (Wildman–Crippen MR) is 97.4 cm³/mol. The predicted octanol–water partition coefficient (Wildman–Crippen LogP) is 2.85. The smallest absolute Gasteiger partial charge is 0.260 e. The number of anilines is 1. The van der Waals surface area contributed by atoms with Gasteiger partial charge >= 0.3 is 0 Å². The molecule has 0 aliphatic carbocycles. The summed E-state index contributed by atoms with van der Waals surface area (Å²) >= 11 is 6.28. The largest absolute Gasteiger partial charge is 0.322 e. The number of rotatable bonds is 6. The van der Waals surface area contributed by atoms with Crippen LogP contribution in [0.15, 0.2) is 23.1 Å². The van der Waals surface area contributed by atoms with Crippen LogP contribution in [0.4, 0.5) is 5.69 Å². The fraction of sp³-hybridized carbons (Fsp3) is 0.375. The Morgan fingerprint density at radius 2 is 2.04 bits per heavy atom. The maximum absolute atomic E-state index is 12.6. The van der Waals surface area contributed by atoms with Crippen molar-refractivity contribution in [2.24, 2.45) is 5.14 Å². The van der Waals surface area contributed by atoms with Crippen molar-refractivity contribution in [2.75, 3.05) is 5.32 Å². The van der Waals surface area contributed by atoms with Crippen molar-refractivity contribution in [1.29, 1.82) is 0 Å². The fourth-order valence-corrected chi connectivity index (χ4v) is 3.60. The van der Waals surface area contributed by atoms with Gasteiger partial charge in [-0.25, -0.2) is 13.6 Å². The number of benzene rings is 1. The molecule has 0 aliphatic rings. The SMILES string of the molecule is CCCCn1nc(C)c(C(=O)Nc2ccc(C)c(S(N)(=O)=O)c2)c1Cl. The first-order valence-corrected chi connectivity index (χ1v) is 9.75. The fourth-order valence-electron chi connectivity index (χ4n) is 2.45. The Morgan fingerprint density at radius 3 is 2.64 bits per heavy atom. The monoisotopic (exact) mass is 384 g/mol. The number of carbonyl (C=O) groups excluding carboxylic acids is 1. The second-order valence-electron chi connectivity index (χ2n) is 5.81. The minimum atomic E-state index is -3.87. The normalized spacial score (nSPS) is 11.6. The molecular formula is C16H21ClN4O3S. The van der Waals surface area contributed by atoms with Crippen molar-refractivity contribution in [3.8, 4) is 0 Å². The van der Waals surface area contributed by atoms with Gasteiger partial charge in [0.05, 0.1) is 16.2 Å². The number of hydrogen-bond acceptors (Lipinski definition) is 4. The number of aryl methyl sites for hydroxylation is 3. The van der Waals surface area contributed by atoms with Crippen molar-refractivity contribution in [3.05, 3.63) is 40.2 Å². The molecule has 7 nitrogen and oxygen atoms in total. The van der Waals surface area contributed by atoms with Gasteiger partial charge in [0.1, 0.15) is 5.15 Å². The van der Waals surface area contributed by atoms with Crippen LogP contribution in [0.2, 0.25) is 5.15 Å². The minimum absolute atomic E-state index is 0.0354. The lowest BCUT2D eigenvalue weighted by atomic mass is 10.2. The molecule has 0 atom stereocenters. The Balaban J connectivity index is 2.31. The van der Waals surface area contributed by atoms with Crippen LogP contribution in [0.5, 0.6) is 0 Å². The second kappa shape index (κ2) is 7.55. The molecule has 0 saturated heterocycles. The summed E-state index contributed by atoms with van der Waals surface area (Å²) in [4.78, 5) is 12.5. The molecule has 1 heterocycles. The standard InChI is InChI=1S/C16H21ClN4O3S/c1-4-5-8-21-15(17)14(11(3)20-21)16(22)19-12-7-6-10(2)13(9-12)25(18,23)24/h6-7,9H,4-5,8H2,1-3H3,(H,19,22)(H2,18,23,24). The maximum Gasteiger partial charge on any atom is 0.260 e. The summed E-state index contributed by atoms with van der Waals surface area (Å²) in [5.41, 5.74) is 1.60. The summed E-state index contributed by atoms with van der Waals surface area (Å²) in [6.07, 6.45) is 1.88. The van der Waals surface area contributed by atoms with Crippen molar-refractivity contribution >= 4 is 33.2 Å².